The summed E-state index contributed by atoms with van der Waals surface area (Å²) in [7, 11) is -9.92. The summed E-state index contributed by atoms with van der Waals surface area (Å²) in [6.45, 7) is 7.32. The van der Waals surface area contributed by atoms with Gasteiger partial charge in [0.2, 0.25) is 0 Å². The highest BCUT2D eigenvalue weighted by Crippen LogP contribution is 2.45. The van der Waals surface area contributed by atoms with Crippen LogP contribution in [-0.2, 0) is 65.4 Å². The van der Waals surface area contributed by atoms with Crippen molar-refractivity contribution in [3.8, 4) is 0 Å². The Balaban J connectivity index is 5.21. The van der Waals surface area contributed by atoms with Crippen molar-refractivity contribution in [2.75, 3.05) is 39.6 Å². The quantitative estimate of drug-likeness (QED) is 0.0222. The molecule has 0 aromatic carbocycles. The Bertz CT molecular complexity index is 1910. The zero-order valence-electron chi connectivity index (χ0n) is 65.3. The maximum Gasteiger partial charge on any atom is 0.472 e. The summed E-state index contributed by atoms with van der Waals surface area (Å²) >= 11 is 0. The molecule has 2 unspecified atom stereocenters. The molecule has 0 saturated heterocycles. The standard InChI is InChI=1S/C81H158O17P2/c1-6-9-12-15-18-21-23-25-27-29-31-33-35-37-41-46-51-56-61-66-80(85)98-77(71-92-79(84)65-60-55-50-45-40-36-34-32-30-28-26-24-22-19-16-13-10-7-2)73-96-100(89,90)94-69-75(82)68-93-99(87,88)95-72-76(70-91-78(83)64-59-54-49-43-20-17-14-11-8-3)97-81(86)67-62-57-52-47-42-38-39-44-48-53-58-63-74(4)5/h74-77,82H,6-73H2,1-5H3,(H,87,88)(H,89,90)/t75-,76+,77+/m0/s1. The zero-order chi connectivity index (χ0) is 73.4. The molecule has 0 heterocycles. The van der Waals surface area contributed by atoms with E-state index in [1.54, 1.807) is 0 Å². The Hall–Kier alpha value is -1.94. The molecule has 0 aliphatic rings. The van der Waals surface area contributed by atoms with Crippen LogP contribution in [0.3, 0.4) is 0 Å². The maximum absolute atomic E-state index is 13.1. The molecule has 0 saturated carbocycles. The van der Waals surface area contributed by atoms with E-state index < -0.39 is 97.5 Å². The summed E-state index contributed by atoms with van der Waals surface area (Å²) < 4.78 is 68.7. The van der Waals surface area contributed by atoms with E-state index in [9.17, 15) is 43.2 Å². The highest BCUT2D eigenvalue weighted by atomic mass is 31.2. The van der Waals surface area contributed by atoms with Gasteiger partial charge in [-0.1, -0.05) is 381 Å². The molecule has 0 aliphatic heterocycles. The van der Waals surface area contributed by atoms with Crippen molar-refractivity contribution in [2.24, 2.45) is 5.92 Å². The lowest BCUT2D eigenvalue weighted by Gasteiger charge is -2.21. The first kappa shape index (κ1) is 98.1. The summed E-state index contributed by atoms with van der Waals surface area (Å²) in [4.78, 5) is 73.0. The van der Waals surface area contributed by atoms with Gasteiger partial charge in [-0.3, -0.25) is 37.3 Å². The second kappa shape index (κ2) is 73.9. The molecule has 0 aliphatic carbocycles. The predicted octanol–water partition coefficient (Wildman–Crippen LogP) is 24.4. The van der Waals surface area contributed by atoms with Crippen molar-refractivity contribution >= 4 is 39.5 Å². The van der Waals surface area contributed by atoms with Crippen LogP contribution in [-0.4, -0.2) is 96.7 Å². The first-order chi connectivity index (χ1) is 48.5. The Morgan fingerprint density at radius 1 is 0.270 bits per heavy atom. The highest BCUT2D eigenvalue weighted by Gasteiger charge is 2.30. The van der Waals surface area contributed by atoms with Crippen LogP contribution in [0.5, 0.6) is 0 Å². The van der Waals surface area contributed by atoms with Crippen LogP contribution in [0.15, 0.2) is 0 Å². The maximum atomic E-state index is 13.1. The Kier molecular flexibility index (Phi) is 72.5. The van der Waals surface area contributed by atoms with Gasteiger partial charge in [0, 0.05) is 25.7 Å². The molecule has 0 aromatic heterocycles. The van der Waals surface area contributed by atoms with E-state index in [4.69, 9.17) is 37.0 Å². The minimum atomic E-state index is -4.96. The molecule has 0 aromatic rings. The van der Waals surface area contributed by atoms with Crippen molar-refractivity contribution in [3.05, 3.63) is 0 Å². The second-order valence-corrected chi connectivity index (χ2v) is 32.5. The van der Waals surface area contributed by atoms with E-state index in [2.05, 4.69) is 34.6 Å². The molecule has 0 rings (SSSR count). The minimum Gasteiger partial charge on any atom is -0.462 e. The van der Waals surface area contributed by atoms with E-state index in [1.807, 2.05) is 0 Å². The first-order valence-electron chi connectivity index (χ1n) is 42.1. The van der Waals surface area contributed by atoms with Crippen LogP contribution in [0, 0.1) is 5.92 Å². The fourth-order valence-corrected chi connectivity index (χ4v) is 14.2. The van der Waals surface area contributed by atoms with Crippen molar-refractivity contribution in [3.63, 3.8) is 0 Å². The van der Waals surface area contributed by atoms with Crippen molar-refractivity contribution in [2.45, 2.75) is 451 Å². The number of hydrogen-bond acceptors (Lipinski definition) is 15. The molecule has 594 valence electrons. The van der Waals surface area contributed by atoms with Crippen LogP contribution in [0.4, 0.5) is 0 Å². The number of carbonyl (C=O) groups is 4. The number of phosphoric ester groups is 2. The fraction of sp³-hybridized carbons (Fsp3) is 0.951. The molecule has 0 spiro atoms. The Morgan fingerprint density at radius 3 is 0.680 bits per heavy atom. The number of esters is 4. The van der Waals surface area contributed by atoms with Gasteiger partial charge in [0.15, 0.2) is 12.2 Å². The third-order valence-electron chi connectivity index (χ3n) is 19.0. The van der Waals surface area contributed by atoms with E-state index in [1.165, 1.54) is 257 Å². The predicted molar refractivity (Wildman–Crippen MR) is 409 cm³/mol. The van der Waals surface area contributed by atoms with E-state index in [-0.39, 0.29) is 25.7 Å². The number of carbonyl (C=O) groups excluding carboxylic acids is 4. The van der Waals surface area contributed by atoms with Crippen molar-refractivity contribution in [1.29, 1.82) is 0 Å². The SMILES string of the molecule is CCCCCCCCCCCCCCCCCCCCCC(=O)O[C@H](COC(=O)CCCCCCCCCCCCCCCCCCCC)COP(=O)(O)OC[C@@H](O)COP(=O)(O)OC[C@@H](COC(=O)CCCCCCCCCCC)OC(=O)CCCCCCCCCCCCCC(C)C. The number of unbranched alkanes of at least 4 members (excludes halogenated alkanes) is 53. The first-order valence-corrected chi connectivity index (χ1v) is 45.1. The molecular weight excluding hydrogens is 1310 g/mol. The van der Waals surface area contributed by atoms with Gasteiger partial charge in [0.1, 0.15) is 19.3 Å². The van der Waals surface area contributed by atoms with Gasteiger partial charge < -0.3 is 33.8 Å². The zero-order valence-corrected chi connectivity index (χ0v) is 67.1. The average molecular weight is 1470 g/mol. The molecule has 0 amide bonds. The molecule has 5 atom stereocenters. The number of hydrogen-bond donors (Lipinski definition) is 3. The van der Waals surface area contributed by atoms with Gasteiger partial charge >= 0.3 is 39.5 Å². The molecular formula is C81H158O17P2. The van der Waals surface area contributed by atoms with Gasteiger partial charge in [0.25, 0.3) is 0 Å². The monoisotopic (exact) mass is 1470 g/mol. The van der Waals surface area contributed by atoms with E-state index in [0.717, 1.165) is 95.8 Å². The van der Waals surface area contributed by atoms with Crippen LogP contribution in [0.1, 0.15) is 433 Å². The number of aliphatic hydroxyl groups excluding tert-OH is 1. The van der Waals surface area contributed by atoms with Crippen LogP contribution >= 0.6 is 15.6 Å². The normalized spacial score (nSPS) is 13.8. The summed E-state index contributed by atoms with van der Waals surface area (Å²) in [6, 6.07) is 0. The number of ether oxygens (including phenoxy) is 4. The molecule has 0 fully saturated rings. The third-order valence-corrected chi connectivity index (χ3v) is 20.9. The lowest BCUT2D eigenvalue weighted by Crippen LogP contribution is -2.30. The fourth-order valence-electron chi connectivity index (χ4n) is 12.6. The molecule has 100 heavy (non-hydrogen) atoms. The topological polar surface area (TPSA) is 237 Å². The van der Waals surface area contributed by atoms with Gasteiger partial charge in [-0.05, 0) is 31.6 Å². The Labute approximate surface area is 613 Å². The third kappa shape index (κ3) is 74.3. The number of aliphatic hydroxyl groups is 1. The lowest BCUT2D eigenvalue weighted by atomic mass is 10.0. The molecule has 19 heteroatoms. The Morgan fingerprint density at radius 2 is 0.460 bits per heavy atom. The van der Waals surface area contributed by atoms with E-state index in [0.29, 0.717) is 25.7 Å². The van der Waals surface area contributed by atoms with Crippen molar-refractivity contribution in [1.82, 2.24) is 0 Å². The van der Waals surface area contributed by atoms with Gasteiger partial charge in [-0.15, -0.1) is 0 Å². The van der Waals surface area contributed by atoms with Crippen molar-refractivity contribution < 1.29 is 80.2 Å². The van der Waals surface area contributed by atoms with Gasteiger partial charge in [0.05, 0.1) is 26.4 Å². The van der Waals surface area contributed by atoms with E-state index >= 15 is 0 Å². The summed E-state index contributed by atoms with van der Waals surface area (Å²) in [6.07, 6.45) is 65.3. The van der Waals surface area contributed by atoms with Crippen LogP contribution in [0.25, 0.3) is 0 Å². The number of rotatable bonds is 81. The van der Waals surface area contributed by atoms with Gasteiger partial charge in [-0.25, -0.2) is 9.13 Å². The van der Waals surface area contributed by atoms with Gasteiger partial charge in [-0.2, -0.15) is 0 Å². The van der Waals surface area contributed by atoms with Crippen LogP contribution in [0.2, 0.25) is 0 Å². The van der Waals surface area contributed by atoms with Crippen LogP contribution < -0.4 is 0 Å². The molecule has 17 nitrogen and oxygen atoms in total. The summed E-state index contributed by atoms with van der Waals surface area (Å²) in [5.74, 6) is -1.34. The lowest BCUT2D eigenvalue weighted by molar-refractivity contribution is -0.161. The number of phosphoric acid groups is 2. The molecule has 3 N–H and O–H groups in total. The minimum absolute atomic E-state index is 0.107. The summed E-state index contributed by atoms with van der Waals surface area (Å²) in [5.41, 5.74) is 0. The largest absolute Gasteiger partial charge is 0.472 e. The highest BCUT2D eigenvalue weighted by molar-refractivity contribution is 7.47. The molecule has 0 bridgehead atoms. The smallest absolute Gasteiger partial charge is 0.462 e. The molecule has 0 radical (unpaired) electrons. The summed E-state index contributed by atoms with van der Waals surface area (Å²) in [5, 5.41) is 10.6. The second-order valence-electron chi connectivity index (χ2n) is 29.6. The average Bonchev–Trinajstić information content (AvgIpc) is 0.957.